The van der Waals surface area contributed by atoms with Crippen LogP contribution in [0.15, 0.2) is 82.2 Å². The Morgan fingerprint density at radius 2 is 1.55 bits per heavy atom. The monoisotopic (exact) mass is 414 g/mol. The van der Waals surface area contributed by atoms with E-state index in [1.807, 2.05) is 72.8 Å². The minimum absolute atomic E-state index is 0.114. The molecule has 6 nitrogen and oxygen atoms in total. The summed E-state index contributed by atoms with van der Waals surface area (Å²) < 4.78 is 16.8. The van der Waals surface area contributed by atoms with Gasteiger partial charge in [-0.2, -0.15) is 0 Å². The van der Waals surface area contributed by atoms with Crippen molar-refractivity contribution in [2.45, 2.75) is 6.92 Å². The Bertz CT molecular complexity index is 1290. The van der Waals surface area contributed by atoms with Crippen LogP contribution in [0.5, 0.6) is 11.5 Å². The molecule has 0 aliphatic carbocycles. The molecule has 0 spiro atoms. The first-order valence-corrected chi connectivity index (χ1v) is 9.74. The summed E-state index contributed by atoms with van der Waals surface area (Å²) in [6.45, 7) is 1.48. The molecule has 0 radical (unpaired) electrons. The molecule has 1 aromatic heterocycles. The van der Waals surface area contributed by atoms with Crippen LogP contribution in [0.2, 0.25) is 0 Å². The fourth-order valence-corrected chi connectivity index (χ4v) is 3.23. The van der Waals surface area contributed by atoms with Gasteiger partial charge in [-0.05, 0) is 66.7 Å². The van der Waals surface area contributed by atoms with Gasteiger partial charge in [0.25, 0.3) is 0 Å². The molecule has 4 rings (SSSR count). The van der Waals surface area contributed by atoms with Gasteiger partial charge in [0, 0.05) is 29.6 Å². The normalized spacial score (nSPS) is 11.4. The Labute approximate surface area is 179 Å². The fourth-order valence-electron chi connectivity index (χ4n) is 3.23. The van der Waals surface area contributed by atoms with E-state index in [9.17, 15) is 4.79 Å². The SMILES string of the molecule is COc1ccc(-c2cc(=Nc3ccc(NC(C)=O)cc3)c3cc(OC)ccc3o2)cc1. The van der Waals surface area contributed by atoms with Crippen molar-refractivity contribution in [1.29, 1.82) is 0 Å². The molecule has 156 valence electrons. The topological polar surface area (TPSA) is 73.1 Å². The third kappa shape index (κ3) is 4.59. The van der Waals surface area contributed by atoms with Crippen molar-refractivity contribution in [3.63, 3.8) is 0 Å². The van der Waals surface area contributed by atoms with Gasteiger partial charge in [0.2, 0.25) is 5.91 Å². The van der Waals surface area contributed by atoms with Gasteiger partial charge in [0.05, 0.1) is 25.3 Å². The molecule has 4 aromatic rings. The number of hydrogen-bond acceptors (Lipinski definition) is 5. The number of methoxy groups -OCH3 is 2. The number of hydrogen-bond donors (Lipinski definition) is 1. The van der Waals surface area contributed by atoms with Gasteiger partial charge in [-0.25, -0.2) is 4.99 Å². The Kier molecular flexibility index (Phi) is 5.71. The van der Waals surface area contributed by atoms with Gasteiger partial charge in [-0.1, -0.05) is 0 Å². The highest BCUT2D eigenvalue weighted by Gasteiger charge is 2.08. The van der Waals surface area contributed by atoms with Crippen molar-refractivity contribution in [1.82, 2.24) is 0 Å². The zero-order valence-corrected chi connectivity index (χ0v) is 17.5. The van der Waals surface area contributed by atoms with Crippen LogP contribution in [0.4, 0.5) is 11.4 Å². The average Bonchev–Trinajstić information content (AvgIpc) is 2.79. The molecule has 31 heavy (non-hydrogen) atoms. The number of amides is 1. The number of nitrogens with one attached hydrogen (secondary N) is 1. The highest BCUT2D eigenvalue weighted by Crippen LogP contribution is 2.27. The van der Waals surface area contributed by atoms with Gasteiger partial charge in [-0.3, -0.25) is 4.79 Å². The Morgan fingerprint density at radius 3 is 2.19 bits per heavy atom. The van der Waals surface area contributed by atoms with Crippen molar-refractivity contribution in [2.75, 3.05) is 19.5 Å². The predicted molar refractivity (Wildman–Crippen MR) is 121 cm³/mol. The molecule has 1 heterocycles. The van der Waals surface area contributed by atoms with Crippen LogP contribution in [0.1, 0.15) is 6.92 Å². The lowest BCUT2D eigenvalue weighted by atomic mass is 10.1. The fraction of sp³-hybridized carbons (Fsp3) is 0.120. The molecule has 0 unspecified atom stereocenters. The summed E-state index contributed by atoms with van der Waals surface area (Å²) in [5.74, 6) is 2.07. The minimum Gasteiger partial charge on any atom is -0.497 e. The third-order valence-corrected chi connectivity index (χ3v) is 4.76. The summed E-state index contributed by atoms with van der Waals surface area (Å²) in [7, 11) is 3.26. The molecular formula is C25H22N2O4. The maximum atomic E-state index is 11.2. The van der Waals surface area contributed by atoms with Crippen molar-refractivity contribution < 1.29 is 18.7 Å². The van der Waals surface area contributed by atoms with E-state index in [0.29, 0.717) is 11.3 Å². The van der Waals surface area contributed by atoms with E-state index >= 15 is 0 Å². The lowest BCUT2D eigenvalue weighted by molar-refractivity contribution is -0.114. The molecule has 0 bridgehead atoms. The summed E-state index contributed by atoms with van der Waals surface area (Å²) in [4.78, 5) is 16.1. The van der Waals surface area contributed by atoms with Crippen LogP contribution in [0.25, 0.3) is 22.3 Å². The first-order chi connectivity index (χ1) is 15.1. The van der Waals surface area contributed by atoms with Gasteiger partial charge in [0.1, 0.15) is 22.8 Å². The maximum Gasteiger partial charge on any atom is 0.221 e. The lowest BCUT2D eigenvalue weighted by Gasteiger charge is -2.08. The van der Waals surface area contributed by atoms with Crippen LogP contribution < -0.4 is 20.1 Å². The molecule has 3 aromatic carbocycles. The number of rotatable bonds is 5. The minimum atomic E-state index is -0.114. The molecule has 0 aliphatic rings. The van der Waals surface area contributed by atoms with Crippen LogP contribution in [0, 0.1) is 0 Å². The van der Waals surface area contributed by atoms with Crippen molar-refractivity contribution in [3.05, 3.63) is 78.2 Å². The Balaban J connectivity index is 1.86. The number of nitrogens with zero attached hydrogens (tertiary/aromatic N) is 1. The largest absolute Gasteiger partial charge is 0.497 e. The summed E-state index contributed by atoms with van der Waals surface area (Å²) in [5.41, 5.74) is 3.09. The predicted octanol–water partition coefficient (Wildman–Crippen LogP) is 5.31. The second-order valence-corrected chi connectivity index (χ2v) is 6.93. The molecule has 0 saturated heterocycles. The first kappa shape index (κ1) is 20.2. The Morgan fingerprint density at radius 1 is 0.871 bits per heavy atom. The summed E-state index contributed by atoms with van der Waals surface area (Å²) >= 11 is 0. The highest BCUT2D eigenvalue weighted by atomic mass is 16.5. The van der Waals surface area contributed by atoms with E-state index in [1.165, 1.54) is 6.92 Å². The molecule has 1 N–H and O–H groups in total. The zero-order chi connectivity index (χ0) is 21.8. The standard InChI is InChI=1S/C25H22N2O4/c1-16(28)26-18-6-8-19(9-7-18)27-23-15-25(17-4-10-20(29-2)11-5-17)31-24-13-12-21(30-3)14-22(23)24/h4-15H,1-3H3,(H,26,28). The Hall–Kier alpha value is -4.06. The molecule has 1 amide bonds. The first-order valence-electron chi connectivity index (χ1n) is 9.74. The van der Waals surface area contributed by atoms with Gasteiger partial charge < -0.3 is 19.2 Å². The van der Waals surface area contributed by atoms with E-state index in [0.717, 1.165) is 39.2 Å². The number of fused-ring (bicyclic) bond motifs is 1. The number of carbonyl (C=O) groups is 1. The van der Waals surface area contributed by atoms with E-state index in [4.69, 9.17) is 18.9 Å². The van der Waals surface area contributed by atoms with Crippen LogP contribution in [0.3, 0.4) is 0 Å². The van der Waals surface area contributed by atoms with Gasteiger partial charge >= 0.3 is 0 Å². The highest BCUT2D eigenvalue weighted by molar-refractivity contribution is 5.88. The lowest BCUT2D eigenvalue weighted by Crippen LogP contribution is -2.05. The van der Waals surface area contributed by atoms with Gasteiger partial charge in [-0.15, -0.1) is 0 Å². The van der Waals surface area contributed by atoms with Gasteiger partial charge in [0.15, 0.2) is 0 Å². The quantitative estimate of drug-likeness (QED) is 0.480. The zero-order valence-electron chi connectivity index (χ0n) is 17.5. The summed E-state index contributed by atoms with van der Waals surface area (Å²) in [5, 5.41) is 4.34. The number of benzene rings is 3. The third-order valence-electron chi connectivity index (χ3n) is 4.76. The molecule has 0 fully saturated rings. The number of ether oxygens (including phenoxy) is 2. The molecule has 0 aliphatic heterocycles. The second kappa shape index (κ2) is 8.75. The van der Waals surface area contributed by atoms with E-state index in [1.54, 1.807) is 14.2 Å². The van der Waals surface area contributed by atoms with Crippen LogP contribution >= 0.6 is 0 Å². The second-order valence-electron chi connectivity index (χ2n) is 6.93. The van der Waals surface area contributed by atoms with Crippen LogP contribution in [-0.2, 0) is 4.79 Å². The summed E-state index contributed by atoms with van der Waals surface area (Å²) in [6.07, 6.45) is 0. The van der Waals surface area contributed by atoms with E-state index < -0.39 is 0 Å². The maximum absolute atomic E-state index is 11.2. The van der Waals surface area contributed by atoms with Crippen LogP contribution in [-0.4, -0.2) is 20.1 Å². The molecule has 6 heteroatoms. The molecule has 0 saturated carbocycles. The number of carbonyl (C=O) groups excluding carboxylic acids is 1. The molecular weight excluding hydrogens is 392 g/mol. The average molecular weight is 414 g/mol. The van der Waals surface area contributed by atoms with E-state index in [2.05, 4.69) is 5.32 Å². The van der Waals surface area contributed by atoms with Crippen molar-refractivity contribution in [2.24, 2.45) is 4.99 Å². The van der Waals surface area contributed by atoms with Crippen molar-refractivity contribution in [3.8, 4) is 22.8 Å². The van der Waals surface area contributed by atoms with Crippen molar-refractivity contribution >= 4 is 28.3 Å². The number of anilines is 1. The van der Waals surface area contributed by atoms with E-state index in [-0.39, 0.29) is 5.91 Å². The molecule has 0 atom stereocenters. The summed E-state index contributed by atoms with van der Waals surface area (Å²) in [6, 6.07) is 22.6. The smallest absolute Gasteiger partial charge is 0.221 e.